The zero-order valence-corrected chi connectivity index (χ0v) is 64.1. The van der Waals surface area contributed by atoms with Gasteiger partial charge < -0.3 is 33.8 Å². The largest absolute Gasteiger partial charge is 0.472 e. The fraction of sp³-hybridized carbons (Fsp3) is 0.679. The first-order chi connectivity index (χ1) is 48.7. The van der Waals surface area contributed by atoms with Gasteiger partial charge in [0.05, 0.1) is 26.4 Å². The monoisotopic (exact) mass is 1440 g/mol. The molecule has 0 aromatic heterocycles. The molecule has 0 aliphatic rings. The predicted molar refractivity (Wildman–Crippen MR) is 408 cm³/mol. The quantitative estimate of drug-likeness (QED) is 0.0169. The van der Waals surface area contributed by atoms with Crippen LogP contribution in [-0.2, 0) is 65.4 Å². The number of phosphoric ester groups is 2. The molecule has 0 amide bonds. The third-order valence-electron chi connectivity index (χ3n) is 15.6. The smallest absolute Gasteiger partial charge is 0.462 e. The number of hydrogen-bond acceptors (Lipinski definition) is 15. The van der Waals surface area contributed by atoms with Crippen LogP contribution in [0.4, 0.5) is 0 Å². The molecule has 3 N–H and O–H groups in total. The second-order valence-corrected chi connectivity index (χ2v) is 28.1. The zero-order chi connectivity index (χ0) is 73.2. The highest BCUT2D eigenvalue weighted by Crippen LogP contribution is 2.45. The van der Waals surface area contributed by atoms with Gasteiger partial charge in [-0.3, -0.25) is 37.3 Å². The van der Waals surface area contributed by atoms with Crippen LogP contribution in [0.5, 0.6) is 0 Å². The minimum Gasteiger partial charge on any atom is -0.462 e. The molecule has 0 aromatic carbocycles. The van der Waals surface area contributed by atoms with Gasteiger partial charge >= 0.3 is 39.5 Å². The summed E-state index contributed by atoms with van der Waals surface area (Å²) in [7, 11) is -9.98. The molecule has 0 spiro atoms. The van der Waals surface area contributed by atoms with Crippen LogP contribution in [-0.4, -0.2) is 96.7 Å². The summed E-state index contributed by atoms with van der Waals surface area (Å²) in [6, 6.07) is 0. The molecular formula is C81H136O17P2. The maximum atomic E-state index is 13.1. The van der Waals surface area contributed by atoms with E-state index in [2.05, 4.69) is 149 Å². The first kappa shape index (κ1) is 95.2. The van der Waals surface area contributed by atoms with Crippen molar-refractivity contribution in [2.24, 2.45) is 0 Å². The van der Waals surface area contributed by atoms with E-state index in [1.54, 1.807) is 0 Å². The Morgan fingerprint density at radius 1 is 0.290 bits per heavy atom. The molecule has 0 saturated carbocycles. The van der Waals surface area contributed by atoms with Crippen LogP contribution < -0.4 is 0 Å². The van der Waals surface area contributed by atoms with E-state index in [1.165, 1.54) is 38.5 Å². The van der Waals surface area contributed by atoms with Gasteiger partial charge in [-0.25, -0.2) is 9.13 Å². The fourth-order valence-corrected chi connectivity index (χ4v) is 11.4. The number of carbonyl (C=O) groups is 4. The van der Waals surface area contributed by atoms with E-state index in [9.17, 15) is 43.2 Å². The van der Waals surface area contributed by atoms with Gasteiger partial charge in [0, 0.05) is 25.7 Å². The molecule has 0 fully saturated rings. The predicted octanol–water partition coefficient (Wildman–Crippen LogP) is 22.1. The first-order valence-electron chi connectivity index (χ1n) is 38.4. The number of ether oxygens (including phenoxy) is 4. The lowest BCUT2D eigenvalue weighted by atomic mass is 10.1. The molecule has 0 rings (SSSR count). The standard InChI is InChI=1S/C81H136O17P2/c1-5-9-13-17-21-25-29-33-36-37-40-43-46-50-54-58-62-66-79(84)92-72-77(98-81(86)68-64-60-56-52-48-44-39-35-31-27-23-19-15-11-7-3)74-96-100(89,90)94-70-75(82)69-93-99(87,88)95-73-76(97-80(85)67-63-59-55-51-47-41-32-28-24-20-16-12-8-4)71-91-78(83)65-61-57-53-49-45-42-38-34-30-26-22-18-14-10-6-2/h9-10,13-14,16,20-22,25-26,28,32-36,38-40,43,50,54,75-77,82H,5-8,11-12,15,17-19,23-24,27,29-31,37,41-42,44-49,51-53,55-74H2,1-4H3,(H,87,88)(H,89,90)/b13-9-,14-10-,20-16-,25-21-,26-22-,32-28-,36-33-,38-34-,39-35-,43-40-,54-50-. The summed E-state index contributed by atoms with van der Waals surface area (Å²) in [4.78, 5) is 72.9. The van der Waals surface area contributed by atoms with Gasteiger partial charge in [-0.05, 0) is 148 Å². The van der Waals surface area contributed by atoms with Crippen molar-refractivity contribution in [2.45, 2.75) is 316 Å². The Morgan fingerprint density at radius 3 is 0.890 bits per heavy atom. The Labute approximate surface area is 605 Å². The minimum atomic E-state index is -4.99. The average Bonchev–Trinajstić information content (AvgIpc) is 1.06. The van der Waals surface area contributed by atoms with E-state index >= 15 is 0 Å². The Bertz CT molecular complexity index is 2420. The molecule has 0 aromatic rings. The Kier molecular flexibility index (Phi) is 69.1. The van der Waals surface area contributed by atoms with Crippen molar-refractivity contribution < 1.29 is 80.2 Å². The van der Waals surface area contributed by atoms with Crippen LogP contribution in [0.25, 0.3) is 0 Å². The highest BCUT2D eigenvalue weighted by molar-refractivity contribution is 7.47. The number of carbonyl (C=O) groups excluding carboxylic acids is 4. The number of unbranched alkanes of at least 4 members (excludes halogenated alkanes) is 23. The summed E-state index contributed by atoms with van der Waals surface area (Å²) in [6.07, 6.45) is 80.2. The normalized spacial score (nSPS) is 14.7. The molecule has 0 heterocycles. The number of phosphoric acid groups is 2. The zero-order valence-electron chi connectivity index (χ0n) is 62.3. The summed E-state index contributed by atoms with van der Waals surface area (Å²) in [6.45, 7) is 4.46. The summed E-state index contributed by atoms with van der Waals surface area (Å²) in [5.41, 5.74) is 0. The van der Waals surface area contributed by atoms with Crippen LogP contribution in [0.15, 0.2) is 134 Å². The van der Waals surface area contributed by atoms with E-state index in [1.807, 2.05) is 12.2 Å². The van der Waals surface area contributed by atoms with E-state index in [4.69, 9.17) is 37.0 Å². The molecule has 0 aliphatic carbocycles. The lowest BCUT2D eigenvalue weighted by Gasteiger charge is -2.21. The molecule has 0 radical (unpaired) electrons. The SMILES string of the molecule is CC/C=C\C/C=C\C/C=C\C/C=C\C/C=C\CCCC(=O)OCC(COP(=O)(O)OCC(O)COP(=O)(O)OCC(COC(=O)CCCCCCC/C=C\C/C=C\C/C=C\CC)OC(=O)CCCCCCC/C=C\C/C=C\CCC)OC(=O)CCCCCCC/C=C\CCCCCCCC. The third kappa shape index (κ3) is 71.6. The van der Waals surface area contributed by atoms with E-state index in [-0.39, 0.29) is 25.7 Å². The van der Waals surface area contributed by atoms with Gasteiger partial charge in [-0.1, -0.05) is 258 Å². The molecule has 5 unspecified atom stereocenters. The molecule has 0 aliphatic heterocycles. The Morgan fingerprint density at radius 2 is 0.550 bits per heavy atom. The van der Waals surface area contributed by atoms with Crippen molar-refractivity contribution in [2.75, 3.05) is 39.6 Å². The number of allylic oxidation sites excluding steroid dienone is 22. The van der Waals surface area contributed by atoms with Crippen LogP contribution in [0.1, 0.15) is 297 Å². The van der Waals surface area contributed by atoms with Crippen molar-refractivity contribution in [3.63, 3.8) is 0 Å². The molecule has 19 heteroatoms. The lowest BCUT2D eigenvalue weighted by Crippen LogP contribution is -2.30. The second-order valence-electron chi connectivity index (χ2n) is 25.2. The van der Waals surface area contributed by atoms with Gasteiger partial charge in [0.25, 0.3) is 0 Å². The van der Waals surface area contributed by atoms with Crippen LogP contribution in [0.2, 0.25) is 0 Å². The lowest BCUT2D eigenvalue weighted by molar-refractivity contribution is -0.161. The van der Waals surface area contributed by atoms with Gasteiger partial charge in [-0.15, -0.1) is 0 Å². The maximum Gasteiger partial charge on any atom is 0.472 e. The van der Waals surface area contributed by atoms with Crippen molar-refractivity contribution >= 4 is 39.5 Å². The summed E-state index contributed by atoms with van der Waals surface area (Å²) in [5, 5.41) is 10.6. The van der Waals surface area contributed by atoms with Gasteiger partial charge in [0.1, 0.15) is 19.3 Å². The van der Waals surface area contributed by atoms with Crippen molar-refractivity contribution in [1.29, 1.82) is 0 Å². The molecule has 572 valence electrons. The molecule has 100 heavy (non-hydrogen) atoms. The van der Waals surface area contributed by atoms with Crippen molar-refractivity contribution in [1.82, 2.24) is 0 Å². The summed E-state index contributed by atoms with van der Waals surface area (Å²) in [5.74, 6) is -2.29. The average molecular weight is 1440 g/mol. The van der Waals surface area contributed by atoms with Crippen molar-refractivity contribution in [3.05, 3.63) is 134 Å². The second kappa shape index (κ2) is 72.5. The Hall–Kier alpha value is -4.80. The number of esters is 4. The molecule has 0 bridgehead atoms. The highest BCUT2D eigenvalue weighted by atomic mass is 31.2. The van der Waals surface area contributed by atoms with E-state index < -0.39 is 97.5 Å². The molecule has 17 nitrogen and oxygen atoms in total. The minimum absolute atomic E-state index is 0.0697. The van der Waals surface area contributed by atoms with E-state index in [0.717, 1.165) is 173 Å². The highest BCUT2D eigenvalue weighted by Gasteiger charge is 2.30. The number of rotatable bonds is 71. The maximum absolute atomic E-state index is 13.1. The summed E-state index contributed by atoms with van der Waals surface area (Å²) >= 11 is 0. The molecular weight excluding hydrogens is 1310 g/mol. The summed E-state index contributed by atoms with van der Waals surface area (Å²) < 4.78 is 68.4. The fourth-order valence-electron chi connectivity index (χ4n) is 9.77. The van der Waals surface area contributed by atoms with Gasteiger partial charge in [0.2, 0.25) is 0 Å². The number of aliphatic hydroxyl groups excluding tert-OH is 1. The number of aliphatic hydroxyl groups is 1. The Balaban J connectivity index is 5.43. The topological polar surface area (TPSA) is 237 Å². The van der Waals surface area contributed by atoms with Crippen LogP contribution in [0.3, 0.4) is 0 Å². The van der Waals surface area contributed by atoms with Crippen LogP contribution >= 0.6 is 15.6 Å². The van der Waals surface area contributed by atoms with Crippen molar-refractivity contribution in [3.8, 4) is 0 Å². The molecule has 0 saturated heterocycles. The van der Waals surface area contributed by atoms with Gasteiger partial charge in [-0.2, -0.15) is 0 Å². The van der Waals surface area contributed by atoms with Gasteiger partial charge in [0.15, 0.2) is 12.2 Å². The van der Waals surface area contributed by atoms with E-state index in [0.29, 0.717) is 32.1 Å². The first-order valence-corrected chi connectivity index (χ1v) is 41.4. The third-order valence-corrected chi connectivity index (χ3v) is 17.5. The number of hydrogen-bond donors (Lipinski definition) is 3. The van der Waals surface area contributed by atoms with Crippen LogP contribution in [0, 0.1) is 0 Å². The molecule has 5 atom stereocenters.